The predicted molar refractivity (Wildman–Crippen MR) is 143 cm³/mol. The van der Waals surface area contributed by atoms with E-state index < -0.39 is 12.1 Å². The minimum atomic E-state index is -5.08. The SMILES string of the molecule is CC1C(C)C(C)C(C)C1C.COc1c[c-]c(C(C)=Nc2ccc(OC)cc2)cc1.O=C(O)C(F)(F)F.[CH3-].[Ir]. The van der Waals surface area contributed by atoms with Gasteiger partial charge >= 0.3 is 12.1 Å². The van der Waals surface area contributed by atoms with E-state index in [1.54, 1.807) is 14.2 Å². The van der Waals surface area contributed by atoms with Crippen molar-refractivity contribution in [3.8, 4) is 11.5 Å². The fourth-order valence-electron chi connectivity index (χ4n) is 4.07. The number of rotatable bonds is 4. The van der Waals surface area contributed by atoms with E-state index in [-0.39, 0.29) is 27.5 Å². The van der Waals surface area contributed by atoms with Gasteiger partial charge < -0.3 is 27.0 Å². The molecule has 1 aliphatic carbocycles. The van der Waals surface area contributed by atoms with Crippen LogP contribution in [0.15, 0.2) is 47.5 Å². The molecule has 5 nitrogen and oxygen atoms in total. The van der Waals surface area contributed by atoms with Crippen molar-refractivity contribution in [3.63, 3.8) is 0 Å². The molecule has 0 aliphatic heterocycles. The third-order valence-corrected chi connectivity index (χ3v) is 7.17. The number of carbonyl (C=O) groups is 1. The number of benzene rings is 2. The molecule has 0 aromatic heterocycles. The Bertz CT molecular complexity index is 934. The van der Waals surface area contributed by atoms with Gasteiger partial charge in [0.05, 0.1) is 19.9 Å². The van der Waals surface area contributed by atoms with Crippen molar-refractivity contribution in [2.45, 2.75) is 47.7 Å². The van der Waals surface area contributed by atoms with Crippen molar-refractivity contribution >= 4 is 17.4 Å². The topological polar surface area (TPSA) is 68.1 Å². The van der Waals surface area contributed by atoms with Gasteiger partial charge in [0.25, 0.3) is 0 Å². The van der Waals surface area contributed by atoms with E-state index in [0.29, 0.717) is 0 Å². The number of alkyl halides is 3. The molecule has 0 unspecified atom stereocenters. The summed E-state index contributed by atoms with van der Waals surface area (Å²) < 4.78 is 42.0. The van der Waals surface area contributed by atoms with Crippen LogP contribution in [-0.4, -0.2) is 37.2 Å². The van der Waals surface area contributed by atoms with Gasteiger partial charge in [-0.25, -0.2) is 4.79 Å². The van der Waals surface area contributed by atoms with Gasteiger partial charge in [-0.3, -0.25) is 0 Å². The first kappa shape index (κ1) is 37.8. The Morgan fingerprint density at radius 1 is 0.842 bits per heavy atom. The minimum Gasteiger partial charge on any atom is -0.540 e. The van der Waals surface area contributed by atoms with Gasteiger partial charge in [0.2, 0.25) is 0 Å². The van der Waals surface area contributed by atoms with Gasteiger partial charge in [-0.05, 0) is 59.6 Å². The van der Waals surface area contributed by atoms with E-state index in [0.717, 1.165) is 58.1 Å². The van der Waals surface area contributed by atoms with Crippen LogP contribution in [0.3, 0.4) is 0 Å². The van der Waals surface area contributed by atoms with Crippen molar-refractivity contribution in [2.24, 2.45) is 34.6 Å². The van der Waals surface area contributed by atoms with Crippen LogP contribution in [0.2, 0.25) is 0 Å². The Morgan fingerprint density at radius 2 is 1.21 bits per heavy atom. The first-order valence-corrected chi connectivity index (χ1v) is 11.8. The number of ether oxygens (including phenoxy) is 2. The fourth-order valence-corrected chi connectivity index (χ4v) is 4.07. The maximum Gasteiger partial charge on any atom is 0.490 e. The normalized spacial score (nSPS) is 22.3. The molecule has 2 aromatic rings. The van der Waals surface area contributed by atoms with Crippen LogP contribution >= 0.6 is 0 Å². The molecule has 9 heteroatoms. The second-order valence-corrected chi connectivity index (χ2v) is 9.14. The quantitative estimate of drug-likeness (QED) is 0.258. The zero-order valence-electron chi connectivity index (χ0n) is 23.5. The van der Waals surface area contributed by atoms with Crippen molar-refractivity contribution < 1.29 is 52.7 Å². The van der Waals surface area contributed by atoms with Crippen molar-refractivity contribution in [3.05, 3.63) is 61.5 Å². The van der Waals surface area contributed by atoms with Gasteiger partial charge in [-0.1, -0.05) is 41.5 Å². The van der Waals surface area contributed by atoms with Gasteiger partial charge in [0.15, 0.2) is 0 Å². The summed E-state index contributed by atoms with van der Waals surface area (Å²) in [4.78, 5) is 13.4. The molecule has 38 heavy (non-hydrogen) atoms. The monoisotopic (exact) mass is 716 g/mol. The first-order chi connectivity index (χ1) is 16.7. The Kier molecular flexibility index (Phi) is 17.2. The number of hydrogen-bond acceptors (Lipinski definition) is 4. The molecular formula is C29H40F3IrNO4-2. The molecule has 1 N–H and O–H groups in total. The second-order valence-electron chi connectivity index (χ2n) is 9.14. The van der Waals surface area contributed by atoms with Crippen LogP contribution < -0.4 is 9.47 Å². The number of carboxylic acids is 1. The molecule has 3 rings (SSSR count). The predicted octanol–water partition coefficient (Wildman–Crippen LogP) is 7.91. The summed E-state index contributed by atoms with van der Waals surface area (Å²) in [6, 6.07) is 16.4. The molecule has 2 aromatic carbocycles. The minimum absolute atomic E-state index is 0. The van der Waals surface area contributed by atoms with Crippen LogP contribution in [-0.2, 0) is 24.9 Å². The smallest absolute Gasteiger partial charge is 0.490 e. The number of hydrogen-bond donors (Lipinski definition) is 1. The van der Waals surface area contributed by atoms with E-state index in [1.807, 2.05) is 49.4 Å². The Balaban J connectivity index is 0. The van der Waals surface area contributed by atoms with Crippen LogP contribution in [0.25, 0.3) is 0 Å². The number of methoxy groups -OCH3 is 2. The molecular weight excluding hydrogens is 676 g/mol. The third kappa shape index (κ3) is 11.6. The molecule has 1 fully saturated rings. The van der Waals surface area contributed by atoms with E-state index in [4.69, 9.17) is 19.4 Å². The summed E-state index contributed by atoms with van der Waals surface area (Å²) in [7, 11) is 3.29. The molecule has 0 atom stereocenters. The number of carboxylic acid groups (broad SMARTS) is 1. The molecule has 1 aliphatic rings. The maximum absolute atomic E-state index is 10.6. The average Bonchev–Trinajstić information content (AvgIpc) is 3.02. The molecule has 0 heterocycles. The number of nitrogens with zero attached hydrogens (tertiary/aromatic N) is 1. The van der Waals surface area contributed by atoms with Gasteiger partial charge in [-0.15, -0.1) is 29.8 Å². The zero-order valence-corrected chi connectivity index (χ0v) is 25.9. The molecule has 217 valence electrons. The van der Waals surface area contributed by atoms with E-state index in [9.17, 15) is 13.2 Å². The van der Waals surface area contributed by atoms with Crippen molar-refractivity contribution in [2.75, 3.05) is 14.2 Å². The van der Waals surface area contributed by atoms with E-state index in [1.165, 1.54) is 0 Å². The molecule has 0 bridgehead atoms. The maximum atomic E-state index is 10.6. The molecule has 0 spiro atoms. The standard InChI is InChI=1S/C16H16NO2.C10H20.C2HF3O2.CH3.Ir/c1-12(13-4-8-15(18-2)9-5-13)17-14-6-10-16(19-3)11-7-14;1-6-7(2)9(4)10(5)8(6)3;3-2(4,5)1(6)7;;/h4,6-11H,1-3H3;6-10H,1-5H3;(H,6,7);1H3;/q-1;;;-1;. The summed E-state index contributed by atoms with van der Waals surface area (Å²) in [5, 5.41) is 7.12. The molecule has 1 radical (unpaired) electrons. The van der Waals surface area contributed by atoms with Crippen LogP contribution in [0, 0.1) is 43.1 Å². The van der Waals surface area contributed by atoms with Gasteiger partial charge in [-0.2, -0.15) is 13.2 Å². The largest absolute Gasteiger partial charge is 0.540 e. The summed E-state index contributed by atoms with van der Waals surface area (Å²) in [5.41, 5.74) is 2.76. The van der Waals surface area contributed by atoms with Crippen LogP contribution in [0.5, 0.6) is 11.5 Å². The van der Waals surface area contributed by atoms with E-state index in [2.05, 4.69) is 45.7 Å². The molecule has 0 saturated heterocycles. The summed E-state index contributed by atoms with van der Waals surface area (Å²) in [6.07, 6.45) is -5.08. The van der Waals surface area contributed by atoms with Crippen molar-refractivity contribution in [1.29, 1.82) is 0 Å². The van der Waals surface area contributed by atoms with Gasteiger partial charge in [0, 0.05) is 25.9 Å². The second kappa shape index (κ2) is 17.3. The van der Waals surface area contributed by atoms with Crippen molar-refractivity contribution in [1.82, 2.24) is 0 Å². The zero-order chi connectivity index (χ0) is 27.6. The summed E-state index contributed by atoms with van der Waals surface area (Å²) in [6.45, 7) is 14.0. The molecule has 0 amide bonds. The Morgan fingerprint density at radius 3 is 1.50 bits per heavy atom. The number of aliphatic carboxylic acids is 1. The Labute approximate surface area is 239 Å². The third-order valence-electron chi connectivity index (χ3n) is 7.17. The van der Waals surface area contributed by atoms with Crippen LogP contribution in [0.4, 0.5) is 18.9 Å². The molecule has 1 saturated carbocycles. The fraction of sp³-hybridized carbons (Fsp3) is 0.483. The average molecular weight is 716 g/mol. The summed E-state index contributed by atoms with van der Waals surface area (Å²) in [5.74, 6) is 3.54. The number of aliphatic imine (C=N–C) groups is 1. The number of halogens is 3. The first-order valence-electron chi connectivity index (χ1n) is 11.8. The summed E-state index contributed by atoms with van der Waals surface area (Å²) >= 11 is 0. The van der Waals surface area contributed by atoms with Crippen LogP contribution in [0.1, 0.15) is 47.1 Å². The van der Waals surface area contributed by atoms with Gasteiger partial charge in [0.1, 0.15) is 5.75 Å². The van der Waals surface area contributed by atoms with E-state index >= 15 is 0 Å². The Hall–Kier alpha value is -2.38.